The fraction of sp³-hybridized carbons (Fsp3) is 0.296. The number of aryl methyl sites for hydroxylation is 1. The molecule has 3 rings (SSSR count). The normalized spacial score (nSPS) is 12.0. The summed E-state index contributed by atoms with van der Waals surface area (Å²) < 4.78 is 73.3. The van der Waals surface area contributed by atoms with E-state index in [-0.39, 0.29) is 37.2 Å². The van der Waals surface area contributed by atoms with Crippen LogP contribution < -0.4 is 4.74 Å². The van der Waals surface area contributed by atoms with Crippen LogP contribution in [0.15, 0.2) is 84.9 Å². The summed E-state index contributed by atoms with van der Waals surface area (Å²) in [7, 11) is -3.45. The van der Waals surface area contributed by atoms with Gasteiger partial charge in [-0.2, -0.15) is 13.2 Å². The third-order valence-corrected chi connectivity index (χ3v) is 7.00. The molecule has 0 atom stereocenters. The van der Waals surface area contributed by atoms with Crippen molar-refractivity contribution in [2.24, 2.45) is 0 Å². The molecule has 3 aromatic rings. The summed E-state index contributed by atoms with van der Waals surface area (Å²) in [6.45, 7) is -0.0584. The van der Waals surface area contributed by atoms with Crippen LogP contribution in [-0.4, -0.2) is 45.1 Å². The number of rotatable bonds is 13. The molecular weight excluding hydrogens is 493 g/mol. The largest absolute Gasteiger partial charge is 0.493 e. The van der Waals surface area contributed by atoms with Crippen LogP contribution in [0.2, 0.25) is 0 Å². The van der Waals surface area contributed by atoms with Crippen LogP contribution in [0, 0.1) is 0 Å². The lowest BCUT2D eigenvalue weighted by atomic mass is 10.0. The van der Waals surface area contributed by atoms with Crippen molar-refractivity contribution < 1.29 is 35.9 Å². The molecule has 0 aromatic heterocycles. The maximum atomic E-state index is 12.5. The lowest BCUT2D eigenvalue weighted by Crippen LogP contribution is -2.22. The second-order valence-electron chi connectivity index (χ2n) is 8.14. The van der Waals surface area contributed by atoms with Gasteiger partial charge < -0.3 is 9.47 Å². The molecular formula is C27H27F3O5S. The Bertz CT molecular complexity index is 1160. The average Bonchev–Trinajstić information content (AvgIpc) is 2.86. The minimum absolute atomic E-state index is 0.0160. The Kier molecular flexibility index (Phi) is 9.66. The van der Waals surface area contributed by atoms with Gasteiger partial charge in [-0.15, -0.1) is 0 Å². The molecule has 5 nitrogen and oxygen atoms in total. The van der Waals surface area contributed by atoms with Gasteiger partial charge in [-0.05, 0) is 35.2 Å². The molecule has 0 unspecified atom stereocenters. The highest BCUT2D eigenvalue weighted by molar-refractivity contribution is 7.91. The predicted molar refractivity (Wildman–Crippen MR) is 131 cm³/mol. The first kappa shape index (κ1) is 27.4. The summed E-state index contributed by atoms with van der Waals surface area (Å²) in [6, 6.07) is 25.3. The van der Waals surface area contributed by atoms with E-state index in [0.29, 0.717) is 11.3 Å². The van der Waals surface area contributed by atoms with Crippen molar-refractivity contribution in [3.63, 3.8) is 0 Å². The molecule has 0 saturated carbocycles. The predicted octanol–water partition coefficient (Wildman–Crippen LogP) is 5.35. The maximum Gasteiger partial charge on any atom is 0.449 e. The van der Waals surface area contributed by atoms with Gasteiger partial charge >= 0.3 is 6.18 Å². The van der Waals surface area contributed by atoms with E-state index in [1.165, 1.54) is 12.1 Å². The van der Waals surface area contributed by atoms with Gasteiger partial charge in [0.05, 0.1) is 18.1 Å². The van der Waals surface area contributed by atoms with Gasteiger partial charge in [-0.25, -0.2) is 8.42 Å². The zero-order valence-electron chi connectivity index (χ0n) is 19.5. The Morgan fingerprint density at radius 1 is 0.778 bits per heavy atom. The standard InChI is InChI=1S/C27H27F3O5S/c28-27(29,30)25(31)16-13-21-11-14-24(15-12-21)34-17-19-36(32,33)20-18-35-26(22-7-3-1-4-8-22)23-9-5-2-6-10-23/h1-12,14-15,26H,13,16-20H2. The van der Waals surface area contributed by atoms with E-state index in [4.69, 9.17) is 9.47 Å². The number of carbonyl (C=O) groups is 1. The molecule has 0 aliphatic rings. The second kappa shape index (κ2) is 12.7. The smallest absolute Gasteiger partial charge is 0.449 e. The van der Waals surface area contributed by atoms with Gasteiger partial charge in [0.2, 0.25) is 5.78 Å². The molecule has 9 heteroatoms. The Morgan fingerprint density at radius 2 is 1.31 bits per heavy atom. The second-order valence-corrected chi connectivity index (χ2v) is 10.4. The lowest BCUT2D eigenvalue weighted by Gasteiger charge is -2.19. The molecule has 36 heavy (non-hydrogen) atoms. The zero-order valence-corrected chi connectivity index (χ0v) is 20.3. The molecule has 0 spiro atoms. The van der Waals surface area contributed by atoms with Gasteiger partial charge in [0.15, 0.2) is 9.84 Å². The summed E-state index contributed by atoms with van der Waals surface area (Å²) in [5.41, 5.74) is 2.41. The van der Waals surface area contributed by atoms with Crippen LogP contribution in [0.5, 0.6) is 5.75 Å². The number of Topliss-reactive ketones (excluding diaryl/α,β-unsaturated/α-hetero) is 1. The van der Waals surface area contributed by atoms with Crippen LogP contribution in [0.25, 0.3) is 0 Å². The monoisotopic (exact) mass is 520 g/mol. The Balaban J connectivity index is 1.45. The number of hydrogen-bond acceptors (Lipinski definition) is 5. The molecule has 0 aliphatic heterocycles. The van der Waals surface area contributed by atoms with E-state index in [1.54, 1.807) is 12.1 Å². The summed E-state index contributed by atoms with van der Waals surface area (Å²) in [5, 5.41) is 0. The van der Waals surface area contributed by atoms with Crippen molar-refractivity contribution in [2.75, 3.05) is 24.7 Å². The van der Waals surface area contributed by atoms with Crippen molar-refractivity contribution in [3.8, 4) is 5.75 Å². The van der Waals surface area contributed by atoms with Crippen LogP contribution in [0.3, 0.4) is 0 Å². The first-order chi connectivity index (χ1) is 17.1. The van der Waals surface area contributed by atoms with Crippen molar-refractivity contribution in [2.45, 2.75) is 25.1 Å². The molecule has 0 aliphatic carbocycles. The van der Waals surface area contributed by atoms with Gasteiger partial charge in [-0.1, -0.05) is 72.8 Å². The molecule has 192 valence electrons. The van der Waals surface area contributed by atoms with Crippen LogP contribution in [0.1, 0.15) is 29.2 Å². The first-order valence-electron chi connectivity index (χ1n) is 11.4. The number of halogens is 3. The van der Waals surface area contributed by atoms with E-state index >= 15 is 0 Å². The number of benzene rings is 3. The highest BCUT2D eigenvalue weighted by Crippen LogP contribution is 2.26. The van der Waals surface area contributed by atoms with E-state index in [0.717, 1.165) is 11.1 Å². The van der Waals surface area contributed by atoms with Crippen LogP contribution in [-0.2, 0) is 25.8 Å². The van der Waals surface area contributed by atoms with Gasteiger partial charge in [0.25, 0.3) is 0 Å². The van der Waals surface area contributed by atoms with Gasteiger partial charge in [-0.3, -0.25) is 4.79 Å². The summed E-state index contributed by atoms with van der Waals surface area (Å²) in [6.07, 6.45) is -5.88. The lowest BCUT2D eigenvalue weighted by molar-refractivity contribution is -0.171. The minimum Gasteiger partial charge on any atom is -0.493 e. The van der Waals surface area contributed by atoms with Crippen molar-refractivity contribution in [3.05, 3.63) is 102 Å². The summed E-state index contributed by atoms with van der Waals surface area (Å²) in [5.74, 6) is -1.76. The molecule has 0 bridgehead atoms. The minimum atomic E-state index is -4.83. The Labute approximate surface area is 208 Å². The Morgan fingerprint density at radius 3 is 1.83 bits per heavy atom. The summed E-state index contributed by atoms with van der Waals surface area (Å²) in [4.78, 5) is 11.0. The third kappa shape index (κ3) is 8.80. The SMILES string of the molecule is O=C(CCc1ccc(OCCS(=O)(=O)CCOC(c2ccccc2)c2ccccc2)cc1)C(F)(F)F. The van der Waals surface area contributed by atoms with E-state index in [2.05, 4.69) is 0 Å². The van der Waals surface area contributed by atoms with Gasteiger partial charge in [0, 0.05) is 6.42 Å². The molecule has 0 amide bonds. The number of hydrogen-bond donors (Lipinski definition) is 0. The van der Waals surface area contributed by atoms with Crippen LogP contribution >= 0.6 is 0 Å². The zero-order chi connectivity index (χ0) is 26.0. The highest BCUT2D eigenvalue weighted by Gasteiger charge is 2.37. The van der Waals surface area contributed by atoms with Crippen molar-refractivity contribution in [1.29, 1.82) is 0 Å². The first-order valence-corrected chi connectivity index (χ1v) is 13.2. The Hall–Kier alpha value is -3.17. The van der Waals surface area contributed by atoms with Crippen molar-refractivity contribution in [1.82, 2.24) is 0 Å². The highest BCUT2D eigenvalue weighted by atomic mass is 32.2. The molecule has 0 radical (unpaired) electrons. The molecule has 0 fully saturated rings. The fourth-order valence-electron chi connectivity index (χ4n) is 3.47. The van der Waals surface area contributed by atoms with Crippen molar-refractivity contribution >= 4 is 15.6 Å². The number of carbonyl (C=O) groups excluding carboxylic acids is 1. The third-order valence-electron chi connectivity index (χ3n) is 5.43. The summed E-state index contributed by atoms with van der Waals surface area (Å²) >= 11 is 0. The number of sulfone groups is 1. The molecule has 0 saturated heterocycles. The molecule has 0 heterocycles. The maximum absolute atomic E-state index is 12.5. The quantitative estimate of drug-likeness (QED) is 0.304. The average molecular weight is 521 g/mol. The van der Waals surface area contributed by atoms with E-state index < -0.39 is 28.2 Å². The molecule has 3 aromatic carbocycles. The molecule has 0 N–H and O–H groups in total. The van der Waals surface area contributed by atoms with E-state index in [1.807, 2.05) is 60.7 Å². The van der Waals surface area contributed by atoms with Gasteiger partial charge in [0.1, 0.15) is 18.5 Å². The van der Waals surface area contributed by atoms with Crippen LogP contribution in [0.4, 0.5) is 13.2 Å². The topological polar surface area (TPSA) is 69.7 Å². The fourth-order valence-corrected chi connectivity index (χ4v) is 4.37. The number of alkyl halides is 3. The number of ketones is 1. The number of ether oxygens (including phenoxy) is 2. The van der Waals surface area contributed by atoms with E-state index in [9.17, 15) is 26.4 Å².